The lowest BCUT2D eigenvalue weighted by Gasteiger charge is -2.33. The number of aliphatic carboxylic acids is 1. The van der Waals surface area contributed by atoms with Gasteiger partial charge in [-0.25, -0.2) is 0 Å². The average molecular weight is 330 g/mol. The third-order valence-corrected chi connectivity index (χ3v) is 4.54. The van der Waals surface area contributed by atoms with Crippen molar-refractivity contribution in [3.8, 4) is 0 Å². The van der Waals surface area contributed by atoms with Crippen molar-refractivity contribution >= 4 is 22.8 Å². The molecule has 0 saturated carbocycles. The van der Waals surface area contributed by atoms with E-state index < -0.39 is 5.97 Å². The van der Waals surface area contributed by atoms with Gasteiger partial charge in [0.2, 0.25) is 5.91 Å². The zero-order chi connectivity index (χ0) is 16.9. The van der Waals surface area contributed by atoms with Gasteiger partial charge in [-0.05, 0) is 30.9 Å². The number of H-pyrrole nitrogens is 1. The molecule has 1 aliphatic heterocycles. The number of nitrogens with one attached hydrogen (secondary N) is 1. The first-order valence-corrected chi connectivity index (χ1v) is 8.29. The van der Waals surface area contributed by atoms with Crippen LogP contribution < -0.4 is 0 Å². The van der Waals surface area contributed by atoms with Gasteiger partial charge in [0.15, 0.2) is 0 Å². The number of para-hydroxylation sites is 1. The number of aromatic nitrogens is 1. The van der Waals surface area contributed by atoms with E-state index in [0.717, 1.165) is 16.5 Å². The second-order valence-electron chi connectivity index (χ2n) is 6.12. The van der Waals surface area contributed by atoms with Crippen molar-refractivity contribution in [2.75, 3.05) is 19.8 Å². The van der Waals surface area contributed by atoms with Gasteiger partial charge in [-0.15, -0.1) is 0 Å². The van der Waals surface area contributed by atoms with Crippen LogP contribution in [0.5, 0.6) is 0 Å². The molecule has 1 aromatic carbocycles. The topological polar surface area (TPSA) is 82.6 Å². The van der Waals surface area contributed by atoms with Gasteiger partial charge in [-0.3, -0.25) is 9.59 Å². The molecule has 0 radical (unpaired) electrons. The summed E-state index contributed by atoms with van der Waals surface area (Å²) in [7, 11) is 0. The molecule has 0 spiro atoms. The third kappa shape index (κ3) is 3.76. The van der Waals surface area contributed by atoms with Crippen LogP contribution in [-0.2, 0) is 20.7 Å². The Morgan fingerprint density at radius 2 is 2.00 bits per heavy atom. The van der Waals surface area contributed by atoms with E-state index in [-0.39, 0.29) is 18.5 Å². The summed E-state index contributed by atoms with van der Waals surface area (Å²) < 4.78 is 5.31. The lowest BCUT2D eigenvalue weighted by atomic mass is 10.0. The summed E-state index contributed by atoms with van der Waals surface area (Å²) >= 11 is 0. The van der Waals surface area contributed by atoms with Crippen molar-refractivity contribution in [3.05, 3.63) is 36.0 Å². The number of carbonyl (C=O) groups excluding carboxylic acids is 1. The molecule has 1 saturated heterocycles. The van der Waals surface area contributed by atoms with Crippen LogP contribution in [-0.4, -0.2) is 52.7 Å². The number of aromatic amines is 1. The number of rotatable bonds is 6. The van der Waals surface area contributed by atoms with Gasteiger partial charge in [0.25, 0.3) is 0 Å². The van der Waals surface area contributed by atoms with Crippen LogP contribution in [0.3, 0.4) is 0 Å². The Hall–Kier alpha value is -2.34. The molecule has 0 atom stereocenters. The highest BCUT2D eigenvalue weighted by Crippen LogP contribution is 2.21. The molecule has 1 amide bonds. The number of ether oxygens (including phenoxy) is 1. The monoisotopic (exact) mass is 330 g/mol. The largest absolute Gasteiger partial charge is 0.480 e. The quantitative estimate of drug-likeness (QED) is 0.850. The summed E-state index contributed by atoms with van der Waals surface area (Å²) in [5.41, 5.74) is 2.13. The van der Waals surface area contributed by atoms with Crippen molar-refractivity contribution in [1.29, 1.82) is 0 Å². The highest BCUT2D eigenvalue weighted by atomic mass is 16.5. The van der Waals surface area contributed by atoms with E-state index >= 15 is 0 Å². The number of amides is 1. The number of aryl methyl sites for hydroxylation is 1. The Morgan fingerprint density at radius 1 is 1.25 bits per heavy atom. The molecule has 2 heterocycles. The van der Waals surface area contributed by atoms with Crippen LogP contribution in [0.2, 0.25) is 0 Å². The van der Waals surface area contributed by atoms with Gasteiger partial charge >= 0.3 is 5.97 Å². The molecular weight excluding hydrogens is 308 g/mol. The molecule has 1 aliphatic rings. The van der Waals surface area contributed by atoms with Crippen LogP contribution in [0.25, 0.3) is 10.9 Å². The molecule has 24 heavy (non-hydrogen) atoms. The second kappa shape index (κ2) is 7.49. The number of carbonyl (C=O) groups is 2. The van der Waals surface area contributed by atoms with Crippen LogP contribution >= 0.6 is 0 Å². The predicted octanol–water partition coefficient (Wildman–Crippen LogP) is 2.19. The van der Waals surface area contributed by atoms with Gasteiger partial charge < -0.3 is 19.7 Å². The van der Waals surface area contributed by atoms with E-state index in [1.165, 1.54) is 4.90 Å². The van der Waals surface area contributed by atoms with E-state index in [1.54, 1.807) is 0 Å². The van der Waals surface area contributed by atoms with Crippen molar-refractivity contribution in [1.82, 2.24) is 9.88 Å². The fourth-order valence-electron chi connectivity index (χ4n) is 3.29. The summed E-state index contributed by atoms with van der Waals surface area (Å²) in [4.78, 5) is 28.5. The van der Waals surface area contributed by atoms with Gasteiger partial charge in [-0.2, -0.15) is 0 Å². The fourth-order valence-corrected chi connectivity index (χ4v) is 3.29. The first-order valence-electron chi connectivity index (χ1n) is 8.29. The SMILES string of the molecule is O=C(O)CN(C(=O)CCc1c[nH]c2ccccc12)C1CCOCC1. The molecule has 0 unspecified atom stereocenters. The maximum Gasteiger partial charge on any atom is 0.323 e. The van der Waals surface area contributed by atoms with Crippen molar-refractivity contribution in [3.63, 3.8) is 0 Å². The summed E-state index contributed by atoms with van der Waals surface area (Å²) in [6, 6.07) is 7.93. The molecule has 2 N–H and O–H groups in total. The van der Waals surface area contributed by atoms with Crippen LogP contribution in [0.1, 0.15) is 24.8 Å². The van der Waals surface area contributed by atoms with Crippen molar-refractivity contribution in [2.45, 2.75) is 31.7 Å². The molecule has 0 bridgehead atoms. The van der Waals surface area contributed by atoms with Crippen molar-refractivity contribution in [2.24, 2.45) is 0 Å². The standard InChI is InChI=1S/C18H22N2O4/c21-17(20(12-18(22)23)14-7-9-24-10-8-14)6-5-13-11-19-16-4-2-1-3-15(13)16/h1-4,11,14,19H,5-10,12H2,(H,22,23). The molecule has 1 aromatic heterocycles. The normalized spacial score (nSPS) is 15.5. The molecule has 3 rings (SSSR count). The Balaban J connectivity index is 1.67. The van der Waals surface area contributed by atoms with Crippen molar-refractivity contribution < 1.29 is 19.4 Å². The number of fused-ring (bicyclic) bond motifs is 1. The van der Waals surface area contributed by atoms with Crippen LogP contribution in [0.4, 0.5) is 0 Å². The molecule has 6 heteroatoms. The van der Waals surface area contributed by atoms with E-state index in [2.05, 4.69) is 4.98 Å². The number of benzene rings is 1. The van der Waals surface area contributed by atoms with E-state index in [0.29, 0.717) is 38.9 Å². The number of nitrogens with zero attached hydrogens (tertiary/aromatic N) is 1. The van der Waals surface area contributed by atoms with E-state index in [9.17, 15) is 9.59 Å². The molecule has 128 valence electrons. The van der Waals surface area contributed by atoms with Crippen LogP contribution in [0.15, 0.2) is 30.5 Å². The first-order chi connectivity index (χ1) is 11.6. The van der Waals surface area contributed by atoms with Gasteiger partial charge in [0, 0.05) is 42.8 Å². The molecule has 1 fully saturated rings. The van der Waals surface area contributed by atoms with Gasteiger partial charge in [0.05, 0.1) is 0 Å². The summed E-state index contributed by atoms with van der Waals surface area (Å²) in [5, 5.41) is 10.2. The van der Waals surface area contributed by atoms with E-state index in [4.69, 9.17) is 9.84 Å². The highest BCUT2D eigenvalue weighted by molar-refractivity contribution is 5.85. The maximum atomic E-state index is 12.6. The first kappa shape index (κ1) is 16.5. The second-order valence-corrected chi connectivity index (χ2v) is 6.12. The maximum absolute atomic E-state index is 12.6. The summed E-state index contributed by atoms with van der Waals surface area (Å²) in [5.74, 6) is -1.07. The van der Waals surface area contributed by atoms with E-state index in [1.807, 2.05) is 30.5 Å². The number of hydrogen-bond donors (Lipinski definition) is 2. The number of carboxylic acid groups (broad SMARTS) is 1. The minimum absolute atomic E-state index is 0.0367. The Morgan fingerprint density at radius 3 is 2.75 bits per heavy atom. The fraction of sp³-hybridized carbons (Fsp3) is 0.444. The average Bonchev–Trinajstić information content (AvgIpc) is 3.01. The Kier molecular flexibility index (Phi) is 5.15. The minimum atomic E-state index is -0.970. The minimum Gasteiger partial charge on any atom is -0.480 e. The summed E-state index contributed by atoms with van der Waals surface area (Å²) in [6.45, 7) is 0.921. The molecular formula is C18H22N2O4. The smallest absolute Gasteiger partial charge is 0.323 e. The molecule has 2 aromatic rings. The number of carboxylic acids is 1. The highest BCUT2D eigenvalue weighted by Gasteiger charge is 2.27. The van der Waals surface area contributed by atoms with Gasteiger partial charge in [0.1, 0.15) is 6.54 Å². The Labute approximate surface area is 140 Å². The molecule has 0 aliphatic carbocycles. The lowest BCUT2D eigenvalue weighted by molar-refractivity contribution is -0.147. The lowest BCUT2D eigenvalue weighted by Crippen LogP contribution is -2.46. The van der Waals surface area contributed by atoms with Gasteiger partial charge in [-0.1, -0.05) is 18.2 Å². The third-order valence-electron chi connectivity index (χ3n) is 4.54. The summed E-state index contributed by atoms with van der Waals surface area (Å²) in [6.07, 6.45) is 4.24. The molecule has 6 nitrogen and oxygen atoms in total. The number of hydrogen-bond acceptors (Lipinski definition) is 3. The predicted molar refractivity (Wildman–Crippen MR) is 89.8 cm³/mol. The zero-order valence-electron chi connectivity index (χ0n) is 13.5. The Bertz CT molecular complexity index is 719. The zero-order valence-corrected chi connectivity index (χ0v) is 13.5. The van der Waals surface area contributed by atoms with Crippen LogP contribution in [0, 0.1) is 0 Å².